The molecule has 8 heteroatoms. The van der Waals surface area contributed by atoms with E-state index in [1.165, 1.54) is 0 Å². The summed E-state index contributed by atoms with van der Waals surface area (Å²) in [6, 6.07) is 0. The van der Waals surface area contributed by atoms with E-state index in [0.717, 1.165) is 17.9 Å². The molecule has 108 valence electrons. The third-order valence-corrected chi connectivity index (χ3v) is 2.67. The minimum Gasteiger partial charge on any atom is -0.342 e. The molecule has 0 spiro atoms. The molecule has 0 rings (SSSR count). The Balaban J connectivity index is 4.43. The van der Waals surface area contributed by atoms with Gasteiger partial charge in [-0.2, -0.15) is 9.69 Å². The number of carbonyl (C=O) groups is 1. The molecule has 0 saturated heterocycles. The highest BCUT2D eigenvalue weighted by Crippen LogP contribution is 2.36. The summed E-state index contributed by atoms with van der Waals surface area (Å²) in [5.41, 5.74) is 0. The van der Waals surface area contributed by atoms with Crippen LogP contribution >= 0.6 is 7.82 Å². The monoisotopic (exact) mass is 282 g/mol. The average Bonchev–Trinajstić information content (AvgIpc) is 2.26. The molecule has 0 bridgehead atoms. The van der Waals surface area contributed by atoms with Crippen LogP contribution in [0.25, 0.3) is 0 Å². The fraction of sp³-hybridized carbons (Fsp3) is 0.900. The van der Waals surface area contributed by atoms with E-state index in [0.29, 0.717) is 13.1 Å². The van der Waals surface area contributed by atoms with Crippen molar-refractivity contribution >= 4 is 13.7 Å². The number of phosphoric acid groups is 1. The van der Waals surface area contributed by atoms with Gasteiger partial charge in [0.25, 0.3) is 0 Å². The van der Waals surface area contributed by atoms with Gasteiger partial charge >= 0.3 is 7.82 Å². The van der Waals surface area contributed by atoms with Gasteiger partial charge in [0, 0.05) is 19.6 Å². The first-order valence-corrected chi connectivity index (χ1v) is 7.65. The van der Waals surface area contributed by atoms with Crippen LogP contribution in [-0.4, -0.2) is 51.8 Å². The zero-order valence-electron chi connectivity index (χ0n) is 11.2. The largest absolute Gasteiger partial charge is 0.486 e. The first kappa shape index (κ1) is 17.5. The number of hydroxylamine groups is 2. The second-order valence-corrected chi connectivity index (χ2v) is 5.05. The summed E-state index contributed by atoms with van der Waals surface area (Å²) in [6.45, 7) is 6.96. The standard InChI is InChI=1S/C10H23N2O5P/c1-4-7-11(8-5-2)10(13)9-12(6-3)17-18(14,15)16/h4-9H2,1-3H3,(H2,14,15,16). The van der Waals surface area contributed by atoms with E-state index >= 15 is 0 Å². The SMILES string of the molecule is CCCN(CCC)C(=O)CN(CC)OP(=O)(O)O. The molecule has 0 atom stereocenters. The second kappa shape index (κ2) is 8.61. The molecule has 0 aliphatic rings. The summed E-state index contributed by atoms with van der Waals surface area (Å²) in [6.07, 6.45) is 1.69. The van der Waals surface area contributed by atoms with Gasteiger partial charge < -0.3 is 14.7 Å². The zero-order valence-corrected chi connectivity index (χ0v) is 12.1. The number of amides is 1. The quantitative estimate of drug-likeness (QED) is 0.484. The maximum absolute atomic E-state index is 11.9. The van der Waals surface area contributed by atoms with Crippen LogP contribution in [0.4, 0.5) is 0 Å². The van der Waals surface area contributed by atoms with E-state index in [1.807, 2.05) is 13.8 Å². The number of likely N-dealkylation sites (N-methyl/N-ethyl adjacent to an activating group) is 1. The van der Waals surface area contributed by atoms with Crippen molar-refractivity contribution in [1.82, 2.24) is 9.96 Å². The highest BCUT2D eigenvalue weighted by Gasteiger charge is 2.23. The van der Waals surface area contributed by atoms with Gasteiger partial charge in [-0.3, -0.25) is 4.79 Å². The van der Waals surface area contributed by atoms with E-state index < -0.39 is 7.82 Å². The van der Waals surface area contributed by atoms with Crippen LogP contribution in [0, 0.1) is 0 Å². The molecule has 2 N–H and O–H groups in total. The highest BCUT2D eigenvalue weighted by molar-refractivity contribution is 7.46. The van der Waals surface area contributed by atoms with Gasteiger partial charge in [0.1, 0.15) is 6.54 Å². The third-order valence-electron chi connectivity index (χ3n) is 2.23. The molecule has 0 radical (unpaired) electrons. The second-order valence-electron chi connectivity index (χ2n) is 3.91. The van der Waals surface area contributed by atoms with Gasteiger partial charge in [0.05, 0.1) is 0 Å². The normalized spacial score (nSPS) is 11.9. The smallest absolute Gasteiger partial charge is 0.342 e. The van der Waals surface area contributed by atoms with Crippen molar-refractivity contribution in [3.05, 3.63) is 0 Å². The van der Waals surface area contributed by atoms with Crippen molar-refractivity contribution < 1.29 is 23.8 Å². The molecule has 1 amide bonds. The van der Waals surface area contributed by atoms with Crippen LogP contribution in [0.5, 0.6) is 0 Å². The fourth-order valence-electron chi connectivity index (χ4n) is 1.50. The first-order chi connectivity index (χ1) is 8.34. The van der Waals surface area contributed by atoms with Gasteiger partial charge in [-0.05, 0) is 12.8 Å². The number of hydrogen-bond donors (Lipinski definition) is 2. The first-order valence-electron chi connectivity index (χ1n) is 6.12. The lowest BCUT2D eigenvalue weighted by Gasteiger charge is -2.25. The van der Waals surface area contributed by atoms with Gasteiger partial charge in [-0.15, -0.1) is 0 Å². The number of hydrogen-bond acceptors (Lipinski definition) is 4. The summed E-state index contributed by atoms with van der Waals surface area (Å²) in [5.74, 6) is -0.186. The van der Waals surface area contributed by atoms with Gasteiger partial charge in [-0.1, -0.05) is 20.8 Å². The summed E-state index contributed by atoms with van der Waals surface area (Å²) < 4.78 is 15.1. The molecule has 0 aliphatic carbocycles. The van der Waals surface area contributed by atoms with Crippen LogP contribution in [0.2, 0.25) is 0 Å². The molecule has 0 fully saturated rings. The molecule has 7 nitrogen and oxygen atoms in total. The predicted octanol–water partition coefficient (Wildman–Crippen LogP) is 0.981. The Morgan fingerprint density at radius 2 is 1.67 bits per heavy atom. The molecule has 0 saturated carbocycles. The molecular weight excluding hydrogens is 259 g/mol. The van der Waals surface area contributed by atoms with E-state index in [2.05, 4.69) is 4.62 Å². The molecular formula is C10H23N2O5P. The predicted molar refractivity (Wildman–Crippen MR) is 67.5 cm³/mol. The molecule has 18 heavy (non-hydrogen) atoms. The molecule has 0 unspecified atom stereocenters. The van der Waals surface area contributed by atoms with Crippen molar-refractivity contribution in [3.8, 4) is 0 Å². The lowest BCUT2D eigenvalue weighted by atomic mass is 10.3. The minimum atomic E-state index is -4.60. The van der Waals surface area contributed by atoms with E-state index in [-0.39, 0.29) is 19.0 Å². The van der Waals surface area contributed by atoms with Crippen molar-refractivity contribution in [1.29, 1.82) is 0 Å². The molecule has 0 aromatic carbocycles. The Morgan fingerprint density at radius 3 is 2.00 bits per heavy atom. The zero-order chi connectivity index (χ0) is 14.2. The van der Waals surface area contributed by atoms with Gasteiger partial charge in [0.2, 0.25) is 5.91 Å². The maximum atomic E-state index is 11.9. The average molecular weight is 282 g/mol. The van der Waals surface area contributed by atoms with Crippen molar-refractivity contribution in [3.63, 3.8) is 0 Å². The van der Waals surface area contributed by atoms with Crippen LogP contribution in [-0.2, 0) is 14.0 Å². The molecule has 0 aromatic heterocycles. The Kier molecular flexibility index (Phi) is 8.39. The minimum absolute atomic E-state index is 0.151. The van der Waals surface area contributed by atoms with Crippen molar-refractivity contribution in [2.75, 3.05) is 26.2 Å². The molecule has 0 aliphatic heterocycles. The van der Waals surface area contributed by atoms with E-state index in [4.69, 9.17) is 9.79 Å². The molecule has 0 heterocycles. The van der Waals surface area contributed by atoms with Crippen LogP contribution in [0.1, 0.15) is 33.6 Å². The van der Waals surface area contributed by atoms with E-state index in [1.54, 1.807) is 11.8 Å². The Labute approximate surface area is 108 Å². The number of carbonyl (C=O) groups excluding carboxylic acids is 1. The lowest BCUT2D eigenvalue weighted by Crippen LogP contribution is -2.40. The maximum Gasteiger partial charge on any atom is 0.486 e. The third kappa shape index (κ3) is 7.79. The van der Waals surface area contributed by atoms with Gasteiger partial charge in [0.15, 0.2) is 0 Å². The number of rotatable bonds is 9. The molecule has 0 aromatic rings. The Bertz CT molecular complexity index is 288. The summed E-state index contributed by atoms with van der Waals surface area (Å²) >= 11 is 0. The summed E-state index contributed by atoms with van der Waals surface area (Å²) in [4.78, 5) is 31.0. The number of nitrogens with zero attached hydrogens (tertiary/aromatic N) is 2. The van der Waals surface area contributed by atoms with Crippen LogP contribution in [0.3, 0.4) is 0 Å². The summed E-state index contributed by atoms with van der Waals surface area (Å²) in [5, 5.41) is 0.988. The Hall–Kier alpha value is -0.460. The van der Waals surface area contributed by atoms with Gasteiger partial charge in [-0.25, -0.2) is 4.57 Å². The highest BCUT2D eigenvalue weighted by atomic mass is 31.2. The van der Waals surface area contributed by atoms with Crippen LogP contribution in [0.15, 0.2) is 0 Å². The van der Waals surface area contributed by atoms with E-state index in [9.17, 15) is 9.36 Å². The Morgan fingerprint density at radius 1 is 1.17 bits per heavy atom. The van der Waals surface area contributed by atoms with Crippen LogP contribution < -0.4 is 0 Å². The lowest BCUT2D eigenvalue weighted by molar-refractivity contribution is -0.144. The summed E-state index contributed by atoms with van der Waals surface area (Å²) in [7, 11) is -4.60. The topological polar surface area (TPSA) is 90.3 Å². The van der Waals surface area contributed by atoms with Crippen molar-refractivity contribution in [2.24, 2.45) is 0 Å². The van der Waals surface area contributed by atoms with Crippen molar-refractivity contribution in [2.45, 2.75) is 33.6 Å². The fourth-order valence-corrected chi connectivity index (χ4v) is 1.97.